The van der Waals surface area contributed by atoms with Crippen LogP contribution in [-0.4, -0.2) is 61.9 Å². The van der Waals surface area contributed by atoms with Crippen molar-refractivity contribution in [1.82, 2.24) is 15.2 Å². The van der Waals surface area contributed by atoms with E-state index in [2.05, 4.69) is 27.4 Å². The topological polar surface area (TPSA) is 75.7 Å². The molecule has 0 spiro atoms. The van der Waals surface area contributed by atoms with Gasteiger partial charge in [-0.1, -0.05) is 11.3 Å². The van der Waals surface area contributed by atoms with Crippen molar-refractivity contribution in [3.05, 3.63) is 6.20 Å². The van der Waals surface area contributed by atoms with Gasteiger partial charge < -0.3 is 14.8 Å². The van der Waals surface area contributed by atoms with E-state index in [0.29, 0.717) is 16.7 Å². The maximum absolute atomic E-state index is 11.7. The third-order valence-electron chi connectivity index (χ3n) is 2.94. The number of aromatic nitrogens is 1. The van der Waals surface area contributed by atoms with Crippen molar-refractivity contribution in [2.75, 3.05) is 45.2 Å². The van der Waals surface area contributed by atoms with E-state index in [-0.39, 0.29) is 12.1 Å². The minimum atomic E-state index is -0.247. The number of carbonyl (C=O) groups excluding carboxylic acids is 1. The first-order valence-electron chi connectivity index (χ1n) is 6.56. The molecule has 1 aromatic heterocycles. The molecule has 112 valence electrons. The monoisotopic (exact) mass is 300 g/mol. The normalized spacial score (nSPS) is 19.6. The first kappa shape index (κ1) is 15.0. The molecule has 8 heteroatoms. The van der Waals surface area contributed by atoms with Gasteiger partial charge in [-0.3, -0.25) is 10.2 Å². The fourth-order valence-electron chi connectivity index (χ4n) is 1.97. The van der Waals surface area contributed by atoms with Crippen LogP contribution in [0.4, 0.5) is 9.93 Å². The summed E-state index contributed by atoms with van der Waals surface area (Å²) in [6.07, 6.45) is 1.84. The molecule has 2 heterocycles. The predicted octanol–water partition coefficient (Wildman–Crippen LogP) is 0.994. The van der Waals surface area contributed by atoms with Crippen molar-refractivity contribution >= 4 is 22.5 Å². The van der Waals surface area contributed by atoms with Crippen molar-refractivity contribution in [3.63, 3.8) is 0 Å². The van der Waals surface area contributed by atoms with Crippen molar-refractivity contribution in [3.8, 4) is 5.06 Å². The zero-order chi connectivity index (χ0) is 14.4. The molecule has 7 nitrogen and oxygen atoms in total. The van der Waals surface area contributed by atoms with Gasteiger partial charge in [-0.25, -0.2) is 9.78 Å². The molecule has 0 aliphatic carbocycles. The second-order valence-electron chi connectivity index (χ2n) is 4.55. The highest BCUT2D eigenvalue weighted by molar-refractivity contribution is 7.17. The zero-order valence-corrected chi connectivity index (χ0v) is 12.5. The Kier molecular flexibility index (Phi) is 5.57. The number of nitrogens with zero attached hydrogens (tertiary/aromatic N) is 2. The highest BCUT2D eigenvalue weighted by Gasteiger charge is 2.16. The summed E-state index contributed by atoms with van der Waals surface area (Å²) in [5, 5.41) is 6.69. The van der Waals surface area contributed by atoms with Crippen LogP contribution in [-0.2, 0) is 4.74 Å². The van der Waals surface area contributed by atoms with Crippen molar-refractivity contribution in [1.29, 1.82) is 0 Å². The van der Waals surface area contributed by atoms with Gasteiger partial charge in [0.05, 0.1) is 26.0 Å². The summed E-state index contributed by atoms with van der Waals surface area (Å²) >= 11 is 1.29. The van der Waals surface area contributed by atoms with E-state index in [0.717, 1.165) is 26.2 Å². The number of carbonyl (C=O) groups is 1. The summed E-state index contributed by atoms with van der Waals surface area (Å²) < 4.78 is 10.5. The number of amides is 2. The van der Waals surface area contributed by atoms with Crippen LogP contribution in [0.15, 0.2) is 6.20 Å². The van der Waals surface area contributed by atoms with Crippen LogP contribution >= 0.6 is 11.3 Å². The second kappa shape index (κ2) is 7.41. The van der Waals surface area contributed by atoms with E-state index >= 15 is 0 Å². The lowest BCUT2D eigenvalue weighted by Gasteiger charge is -2.30. The molecule has 1 unspecified atom stereocenters. The third kappa shape index (κ3) is 4.62. The Balaban J connectivity index is 1.64. The van der Waals surface area contributed by atoms with Gasteiger partial charge in [0.15, 0.2) is 10.2 Å². The van der Waals surface area contributed by atoms with Crippen molar-refractivity contribution in [2.24, 2.45) is 0 Å². The largest absolute Gasteiger partial charge is 0.486 e. The molecule has 0 bridgehead atoms. The highest BCUT2D eigenvalue weighted by atomic mass is 32.1. The van der Waals surface area contributed by atoms with Crippen LogP contribution in [0.3, 0.4) is 0 Å². The van der Waals surface area contributed by atoms with E-state index in [1.165, 1.54) is 11.3 Å². The summed E-state index contributed by atoms with van der Waals surface area (Å²) in [6.45, 7) is 6.06. The Morgan fingerprint density at radius 3 is 3.25 bits per heavy atom. The van der Waals surface area contributed by atoms with Gasteiger partial charge in [0, 0.05) is 26.2 Å². The van der Waals surface area contributed by atoms with E-state index in [9.17, 15) is 4.79 Å². The molecule has 1 aliphatic heterocycles. The molecule has 1 saturated heterocycles. The third-order valence-corrected chi connectivity index (χ3v) is 3.82. The molecule has 1 aromatic rings. The molecule has 1 atom stereocenters. The number of hydrogen-bond donors (Lipinski definition) is 2. The zero-order valence-electron chi connectivity index (χ0n) is 11.7. The minimum Gasteiger partial charge on any atom is -0.486 e. The number of morpholine rings is 1. The first-order valence-corrected chi connectivity index (χ1v) is 7.37. The smallest absolute Gasteiger partial charge is 0.321 e. The molecule has 0 radical (unpaired) electrons. The predicted molar refractivity (Wildman–Crippen MR) is 77.5 cm³/mol. The van der Waals surface area contributed by atoms with Crippen molar-refractivity contribution in [2.45, 2.75) is 13.0 Å². The molecule has 0 aromatic carbocycles. The van der Waals surface area contributed by atoms with E-state index in [4.69, 9.17) is 9.47 Å². The lowest BCUT2D eigenvalue weighted by Crippen LogP contribution is -2.45. The Morgan fingerprint density at radius 2 is 2.55 bits per heavy atom. The van der Waals surface area contributed by atoms with Gasteiger partial charge in [-0.15, -0.1) is 0 Å². The second-order valence-corrected chi connectivity index (χ2v) is 5.54. The first-order chi connectivity index (χ1) is 9.67. The number of methoxy groups -OCH3 is 1. The Hall–Kier alpha value is -1.38. The summed E-state index contributed by atoms with van der Waals surface area (Å²) in [4.78, 5) is 18.0. The van der Waals surface area contributed by atoms with E-state index < -0.39 is 0 Å². The molecule has 2 rings (SSSR count). The summed E-state index contributed by atoms with van der Waals surface area (Å²) in [7, 11) is 1.57. The van der Waals surface area contributed by atoms with Crippen LogP contribution in [0.25, 0.3) is 0 Å². The van der Waals surface area contributed by atoms with E-state index in [1.54, 1.807) is 13.3 Å². The molecule has 1 aliphatic rings. The number of rotatable bonds is 5. The standard InChI is InChI=1S/C12H20N4O3S/c1-9-8-16(5-6-19-9)4-3-13-11(17)15-12-14-7-10(18-2)20-12/h7,9H,3-6,8H2,1-2H3,(H2,13,14,15,17). The number of urea groups is 1. The van der Waals surface area contributed by atoms with Gasteiger partial charge >= 0.3 is 6.03 Å². The summed E-state index contributed by atoms with van der Waals surface area (Å²) in [6, 6.07) is -0.247. The lowest BCUT2D eigenvalue weighted by atomic mass is 10.3. The van der Waals surface area contributed by atoms with Gasteiger partial charge in [-0.05, 0) is 6.92 Å². The van der Waals surface area contributed by atoms with Gasteiger partial charge in [0.1, 0.15) is 0 Å². The summed E-state index contributed by atoms with van der Waals surface area (Å²) in [5.74, 6) is 0. The van der Waals surface area contributed by atoms with Gasteiger partial charge in [0.25, 0.3) is 0 Å². The Morgan fingerprint density at radius 1 is 1.70 bits per heavy atom. The highest BCUT2D eigenvalue weighted by Crippen LogP contribution is 2.24. The number of nitrogens with one attached hydrogen (secondary N) is 2. The molecule has 1 fully saturated rings. The quantitative estimate of drug-likeness (QED) is 0.848. The number of anilines is 1. The van der Waals surface area contributed by atoms with Gasteiger partial charge in [-0.2, -0.15) is 0 Å². The molecule has 2 N–H and O–H groups in total. The molecule has 2 amide bonds. The van der Waals surface area contributed by atoms with Crippen LogP contribution in [0.5, 0.6) is 5.06 Å². The number of ether oxygens (including phenoxy) is 2. The fraction of sp³-hybridized carbons (Fsp3) is 0.667. The maximum atomic E-state index is 11.7. The maximum Gasteiger partial charge on any atom is 0.321 e. The molecular formula is C12H20N4O3S. The Bertz CT molecular complexity index is 440. The lowest BCUT2D eigenvalue weighted by molar-refractivity contribution is -0.0174. The van der Waals surface area contributed by atoms with Gasteiger partial charge in [0.2, 0.25) is 0 Å². The number of hydrogen-bond acceptors (Lipinski definition) is 6. The minimum absolute atomic E-state index is 0.247. The molecule has 0 saturated carbocycles. The van der Waals surface area contributed by atoms with Crippen LogP contribution in [0.1, 0.15) is 6.92 Å². The fourth-order valence-corrected chi connectivity index (χ4v) is 2.60. The molecular weight excluding hydrogens is 280 g/mol. The van der Waals surface area contributed by atoms with Crippen LogP contribution in [0.2, 0.25) is 0 Å². The van der Waals surface area contributed by atoms with Crippen molar-refractivity contribution < 1.29 is 14.3 Å². The van der Waals surface area contributed by atoms with Crippen LogP contribution in [0, 0.1) is 0 Å². The molecule has 20 heavy (non-hydrogen) atoms. The number of thiazole rings is 1. The average molecular weight is 300 g/mol. The SMILES string of the molecule is COc1cnc(NC(=O)NCCN2CCOC(C)C2)s1. The summed E-state index contributed by atoms with van der Waals surface area (Å²) in [5.41, 5.74) is 0. The average Bonchev–Trinajstić information content (AvgIpc) is 2.86. The van der Waals surface area contributed by atoms with Crippen LogP contribution < -0.4 is 15.4 Å². The van der Waals surface area contributed by atoms with E-state index in [1.807, 2.05) is 0 Å². The Labute approximate surface area is 122 Å².